The fourth-order valence-electron chi connectivity index (χ4n) is 0. The van der Waals surface area contributed by atoms with Gasteiger partial charge in [0.25, 0.3) is 0 Å². The molecule has 4 heavy (non-hydrogen) atoms. The van der Waals surface area contributed by atoms with E-state index in [1.807, 2.05) is 0 Å². The Hall–Kier alpha value is 3.96. The molecular formula is CH5Rb2S+3. The fourth-order valence-corrected chi connectivity index (χ4v) is 0. The Kier molecular flexibility index (Phi) is 61.8. The Morgan fingerprint density at radius 3 is 1.00 bits per heavy atom. The minimum atomic E-state index is 0. The van der Waals surface area contributed by atoms with Crippen LogP contribution in [-0.2, 0) is 12.6 Å². The Morgan fingerprint density at radius 2 is 1.00 bits per heavy atom. The molecule has 0 fully saturated rings. The first-order valence-corrected chi connectivity index (χ1v) is 1.50. The molecule has 0 amide bonds. The van der Waals surface area contributed by atoms with Gasteiger partial charge in [0.1, 0.15) is 0 Å². The summed E-state index contributed by atoms with van der Waals surface area (Å²) in [5, 5.41) is 0. The zero-order valence-corrected chi connectivity index (χ0v) is 14.3. The average Bonchev–Trinajstić information content (AvgIpc) is 1.00. The van der Waals surface area contributed by atoms with E-state index in [1.165, 1.54) is 0 Å². The summed E-state index contributed by atoms with van der Waals surface area (Å²) < 4.78 is 0. The van der Waals surface area contributed by atoms with Gasteiger partial charge in [-0.15, -0.1) is 0 Å². The van der Waals surface area contributed by atoms with E-state index in [0.29, 0.717) is 0 Å². The maximum absolute atomic E-state index is 2.97. The molecular weight excluding hydrogens is 215 g/mol. The van der Waals surface area contributed by atoms with Crippen LogP contribution < -0.4 is 116 Å². The summed E-state index contributed by atoms with van der Waals surface area (Å²) >= 11 is 2.97. The second kappa shape index (κ2) is 15.8. The molecule has 0 saturated heterocycles. The Balaban J connectivity index is -0.00000000500. The zero-order chi connectivity index (χ0) is 2.00. The molecule has 0 rings (SSSR count). The van der Waals surface area contributed by atoms with E-state index in [0.717, 1.165) is 0 Å². The van der Waals surface area contributed by atoms with E-state index in [9.17, 15) is 0 Å². The van der Waals surface area contributed by atoms with Crippen molar-refractivity contribution in [3.63, 3.8) is 0 Å². The minimum absolute atomic E-state index is 0. The van der Waals surface area contributed by atoms with Gasteiger partial charge >= 0.3 is 116 Å². The summed E-state index contributed by atoms with van der Waals surface area (Å²) in [6, 6.07) is 0. The summed E-state index contributed by atoms with van der Waals surface area (Å²) in [6.07, 6.45) is 1.81. The molecule has 0 spiro atoms. The van der Waals surface area contributed by atoms with Crippen LogP contribution in [0.3, 0.4) is 0 Å². The number of rotatable bonds is 0. The van der Waals surface area contributed by atoms with Crippen LogP contribution in [0.4, 0.5) is 0 Å². The van der Waals surface area contributed by atoms with Crippen molar-refractivity contribution in [2.45, 2.75) is 0 Å². The van der Waals surface area contributed by atoms with Gasteiger partial charge in [-0.05, 0) is 12.6 Å². The molecule has 3 heteroatoms. The first-order valence-electron chi connectivity index (χ1n) is 0.500. The van der Waals surface area contributed by atoms with Gasteiger partial charge in [0.2, 0.25) is 0 Å². The van der Waals surface area contributed by atoms with Crippen LogP contribution >= 0.6 is 0 Å². The van der Waals surface area contributed by atoms with Gasteiger partial charge in [0.15, 0.2) is 0 Å². The first kappa shape index (κ1) is 15.7. The second-order valence-electron chi connectivity index (χ2n) is 0. The summed E-state index contributed by atoms with van der Waals surface area (Å²) in [5.41, 5.74) is 0. The molecule has 0 aromatic heterocycles. The molecule has 0 heterocycles. The van der Waals surface area contributed by atoms with E-state index >= 15 is 0 Å². The molecule has 0 nitrogen and oxygen atoms in total. The van der Waals surface area contributed by atoms with Crippen LogP contribution in [0.5, 0.6) is 0 Å². The van der Waals surface area contributed by atoms with E-state index in [2.05, 4.69) is 12.6 Å². The van der Waals surface area contributed by atoms with Crippen molar-refractivity contribution in [3.8, 4) is 0 Å². The summed E-state index contributed by atoms with van der Waals surface area (Å²) in [7, 11) is 0. The Morgan fingerprint density at radius 1 is 1.00 bits per heavy atom. The first-order chi connectivity index (χ1) is 1.00. The SMILES string of the molecule is C[SH2+].[Rb+].[Rb+]. The number of hydrogen-bond acceptors (Lipinski definition) is 0. The van der Waals surface area contributed by atoms with Crippen LogP contribution in [0.2, 0.25) is 0 Å². The van der Waals surface area contributed by atoms with E-state index in [-0.39, 0.29) is 116 Å². The molecule has 0 N–H and O–H groups in total. The summed E-state index contributed by atoms with van der Waals surface area (Å²) in [6.45, 7) is 0. The molecule has 0 saturated carbocycles. The van der Waals surface area contributed by atoms with Gasteiger partial charge in [-0.25, -0.2) is 0 Å². The molecule has 0 aromatic rings. The third-order valence-electron chi connectivity index (χ3n) is 0. The number of hydrogen-bond donors (Lipinski definition) is 0. The standard InChI is InChI=1S/CH4S.2Rb/c1-2;;/h2H,1H3;;/q;2*+1/p+1. The second-order valence-corrected chi connectivity index (χ2v) is 0. The van der Waals surface area contributed by atoms with Crippen molar-refractivity contribution in [2.75, 3.05) is 6.26 Å². The minimum Gasteiger partial charge on any atom is -0.0456 e. The molecule has 0 aromatic carbocycles. The summed E-state index contributed by atoms with van der Waals surface area (Å²) in [5.74, 6) is 0. The van der Waals surface area contributed by atoms with Crippen molar-refractivity contribution in [2.24, 2.45) is 0 Å². The summed E-state index contributed by atoms with van der Waals surface area (Å²) in [4.78, 5) is 0. The average molecular weight is 220 g/mol. The molecule has 14 valence electrons. The van der Waals surface area contributed by atoms with E-state index in [1.54, 1.807) is 6.26 Å². The van der Waals surface area contributed by atoms with Crippen LogP contribution in [0.15, 0.2) is 0 Å². The molecule has 0 unspecified atom stereocenters. The van der Waals surface area contributed by atoms with Gasteiger partial charge in [0, 0.05) is 0 Å². The smallest absolute Gasteiger partial charge is 0.0456 e. The van der Waals surface area contributed by atoms with Crippen molar-refractivity contribution >= 4 is 12.6 Å². The molecule has 0 bridgehead atoms. The molecule has 0 radical (unpaired) electrons. The third-order valence-corrected chi connectivity index (χ3v) is 0. The normalized spacial score (nSPS) is 1.50. The largest absolute Gasteiger partial charge is 1.00 e. The van der Waals surface area contributed by atoms with Gasteiger partial charge in [-0.3, -0.25) is 0 Å². The topological polar surface area (TPSA) is 0 Å². The zero-order valence-electron chi connectivity index (χ0n) is 3.50. The van der Waals surface area contributed by atoms with E-state index < -0.39 is 0 Å². The van der Waals surface area contributed by atoms with Crippen molar-refractivity contribution < 1.29 is 116 Å². The molecule has 0 aliphatic heterocycles. The fraction of sp³-hybridized carbons (Fsp3) is 1.00. The van der Waals surface area contributed by atoms with Gasteiger partial charge < -0.3 is 0 Å². The molecule has 0 aliphatic rings. The maximum Gasteiger partial charge on any atom is 1.00 e. The van der Waals surface area contributed by atoms with Gasteiger partial charge in [0.05, 0.1) is 6.26 Å². The van der Waals surface area contributed by atoms with Gasteiger partial charge in [-0.1, -0.05) is 0 Å². The van der Waals surface area contributed by atoms with Crippen molar-refractivity contribution in [1.82, 2.24) is 0 Å². The predicted molar refractivity (Wildman–Crippen MR) is 16.1 cm³/mol. The van der Waals surface area contributed by atoms with Crippen LogP contribution in [-0.4, -0.2) is 6.26 Å². The van der Waals surface area contributed by atoms with Crippen molar-refractivity contribution in [3.05, 3.63) is 0 Å². The predicted octanol–water partition coefficient (Wildman–Crippen LogP) is -6.36. The quantitative estimate of drug-likeness (QED) is 0.356. The monoisotopic (exact) mass is 219 g/mol. The van der Waals surface area contributed by atoms with E-state index in [4.69, 9.17) is 0 Å². The third kappa shape index (κ3) is 9.35. The molecule has 0 aliphatic carbocycles. The van der Waals surface area contributed by atoms with Crippen LogP contribution in [0, 0.1) is 0 Å². The van der Waals surface area contributed by atoms with Gasteiger partial charge in [-0.2, -0.15) is 0 Å². The van der Waals surface area contributed by atoms with Crippen molar-refractivity contribution in [1.29, 1.82) is 0 Å². The molecule has 0 atom stereocenters. The Labute approximate surface area is 130 Å². The maximum atomic E-state index is 2.97. The van der Waals surface area contributed by atoms with Crippen LogP contribution in [0.25, 0.3) is 0 Å². The Bertz CT molecular complexity index is 6.00. The van der Waals surface area contributed by atoms with Crippen LogP contribution in [0.1, 0.15) is 0 Å².